The fraction of sp³-hybridized carbons (Fsp3) is 0.520. The number of hydrogen-bond acceptors (Lipinski definition) is 6. The van der Waals surface area contributed by atoms with Crippen LogP contribution in [0.5, 0.6) is 5.75 Å². The minimum atomic E-state index is -1.02. The summed E-state index contributed by atoms with van der Waals surface area (Å²) in [7, 11) is 0. The van der Waals surface area contributed by atoms with E-state index in [0.29, 0.717) is 35.5 Å². The Bertz CT molecular complexity index is 1100. The van der Waals surface area contributed by atoms with E-state index < -0.39 is 17.7 Å². The molecule has 2 aromatic rings. The van der Waals surface area contributed by atoms with Crippen molar-refractivity contribution in [2.24, 2.45) is 17.8 Å². The molecule has 3 atom stereocenters. The van der Waals surface area contributed by atoms with Crippen LogP contribution in [0, 0.1) is 29.1 Å². The number of hydrogen-bond donors (Lipinski definition) is 2. The smallest absolute Gasteiger partial charge is 0.258 e. The first-order valence-electron chi connectivity index (χ1n) is 11.7. The maximum Gasteiger partial charge on any atom is 0.258 e. The van der Waals surface area contributed by atoms with Gasteiger partial charge in [-0.05, 0) is 48.8 Å². The van der Waals surface area contributed by atoms with Crippen LogP contribution in [-0.2, 0) is 4.79 Å². The third-order valence-corrected chi connectivity index (χ3v) is 6.41. The number of ether oxygens (including phenoxy) is 1. The molecule has 1 fully saturated rings. The van der Waals surface area contributed by atoms with Crippen LogP contribution < -0.4 is 20.5 Å². The van der Waals surface area contributed by atoms with E-state index in [1.54, 1.807) is 0 Å². The molecule has 33 heavy (non-hydrogen) atoms. The van der Waals surface area contributed by atoms with Crippen molar-refractivity contribution in [2.45, 2.75) is 46.0 Å². The summed E-state index contributed by atoms with van der Waals surface area (Å²) in [5.74, 6) is 0.322. The first-order valence-corrected chi connectivity index (χ1v) is 11.7. The lowest BCUT2D eigenvalue weighted by atomic mass is 9.79. The van der Waals surface area contributed by atoms with E-state index in [4.69, 9.17) is 4.74 Å². The number of aromatic nitrogens is 2. The quantitative estimate of drug-likeness (QED) is 0.696. The van der Waals surface area contributed by atoms with Gasteiger partial charge in [0.15, 0.2) is 0 Å². The van der Waals surface area contributed by atoms with Gasteiger partial charge in [0.2, 0.25) is 11.9 Å². The molecule has 0 bridgehead atoms. The number of carbonyl (C=O) groups is 1. The Kier molecular flexibility index (Phi) is 6.68. The van der Waals surface area contributed by atoms with E-state index in [9.17, 15) is 14.9 Å². The second-order valence-electron chi connectivity index (χ2n) is 9.52. The molecule has 1 saturated heterocycles. The zero-order valence-electron chi connectivity index (χ0n) is 19.4. The Balaban J connectivity index is 1.67. The van der Waals surface area contributed by atoms with Gasteiger partial charge in [-0.3, -0.25) is 14.6 Å². The highest BCUT2D eigenvalue weighted by Crippen LogP contribution is 2.38. The molecule has 0 aliphatic carbocycles. The van der Waals surface area contributed by atoms with Gasteiger partial charge in [-0.1, -0.05) is 32.9 Å². The van der Waals surface area contributed by atoms with Gasteiger partial charge in [-0.15, -0.1) is 0 Å². The lowest BCUT2D eigenvalue weighted by Crippen LogP contribution is -2.41. The van der Waals surface area contributed by atoms with E-state index in [1.165, 1.54) is 0 Å². The third kappa shape index (κ3) is 4.87. The zero-order chi connectivity index (χ0) is 23.5. The predicted molar refractivity (Wildman–Crippen MR) is 126 cm³/mol. The lowest BCUT2D eigenvalue weighted by molar-refractivity contribution is -0.119. The van der Waals surface area contributed by atoms with Crippen molar-refractivity contribution in [2.75, 3.05) is 29.9 Å². The van der Waals surface area contributed by atoms with E-state index in [0.717, 1.165) is 38.1 Å². The van der Waals surface area contributed by atoms with E-state index in [1.807, 2.05) is 24.3 Å². The highest BCUT2D eigenvalue weighted by molar-refractivity contribution is 5.98. The van der Waals surface area contributed by atoms with Gasteiger partial charge >= 0.3 is 0 Å². The zero-order valence-corrected chi connectivity index (χ0v) is 19.4. The highest BCUT2D eigenvalue weighted by Gasteiger charge is 2.40. The van der Waals surface area contributed by atoms with Crippen molar-refractivity contribution < 1.29 is 9.53 Å². The molecule has 4 rings (SSSR count). The molecule has 1 aromatic carbocycles. The molecular weight excluding hydrogens is 418 g/mol. The van der Waals surface area contributed by atoms with Gasteiger partial charge in [0, 0.05) is 19.0 Å². The number of nitrogens with one attached hydrogen (secondary N) is 2. The molecule has 8 nitrogen and oxygen atoms in total. The van der Waals surface area contributed by atoms with Gasteiger partial charge in [-0.2, -0.15) is 10.2 Å². The average molecular weight is 450 g/mol. The Morgan fingerprint density at radius 3 is 2.70 bits per heavy atom. The number of piperidine rings is 1. The summed E-state index contributed by atoms with van der Waals surface area (Å²) in [5, 5.41) is 12.4. The summed E-state index contributed by atoms with van der Waals surface area (Å²) in [6.45, 7) is 8.69. The molecular formula is C25H31N5O3. The summed E-state index contributed by atoms with van der Waals surface area (Å²) < 4.78 is 5.79. The van der Waals surface area contributed by atoms with Gasteiger partial charge in [0.05, 0.1) is 18.2 Å². The number of carbonyl (C=O) groups excluding carboxylic acids is 1. The maximum absolute atomic E-state index is 13.2. The van der Waals surface area contributed by atoms with E-state index in [-0.39, 0.29) is 11.4 Å². The molecule has 0 saturated carbocycles. The van der Waals surface area contributed by atoms with Crippen molar-refractivity contribution in [3.8, 4) is 11.8 Å². The third-order valence-electron chi connectivity index (χ3n) is 6.41. The van der Waals surface area contributed by atoms with Crippen molar-refractivity contribution in [1.82, 2.24) is 9.97 Å². The molecule has 1 aromatic heterocycles. The van der Waals surface area contributed by atoms with Crippen LogP contribution in [0.25, 0.3) is 0 Å². The molecule has 0 radical (unpaired) electrons. The largest absolute Gasteiger partial charge is 0.494 e. The number of aromatic amines is 1. The second kappa shape index (κ2) is 9.65. The summed E-state index contributed by atoms with van der Waals surface area (Å²) in [5.41, 5.74) is 0.708. The molecule has 3 heterocycles. The molecule has 174 valence electrons. The predicted octanol–water partition coefficient (Wildman–Crippen LogP) is 3.65. The van der Waals surface area contributed by atoms with Crippen molar-refractivity contribution in [1.29, 1.82) is 5.26 Å². The van der Waals surface area contributed by atoms with Crippen LogP contribution in [0.3, 0.4) is 0 Å². The molecule has 2 aliphatic rings. The van der Waals surface area contributed by atoms with Crippen LogP contribution in [0.15, 0.2) is 29.1 Å². The van der Waals surface area contributed by atoms with Gasteiger partial charge in [0.1, 0.15) is 17.5 Å². The number of H-pyrrole nitrogens is 1. The Labute approximate surface area is 194 Å². The van der Waals surface area contributed by atoms with Gasteiger partial charge in [0.25, 0.3) is 5.56 Å². The highest BCUT2D eigenvalue weighted by atomic mass is 16.5. The molecule has 2 aliphatic heterocycles. The van der Waals surface area contributed by atoms with Gasteiger partial charge in [-0.25, -0.2) is 0 Å². The second-order valence-corrected chi connectivity index (χ2v) is 9.52. The van der Waals surface area contributed by atoms with Gasteiger partial charge < -0.3 is 15.0 Å². The maximum atomic E-state index is 13.2. The standard InChI is InChI=1S/C25H31N5O3/c1-15(2)10-12-33-18-8-6-17(7-9-18)20-19(13-26)23(31)27-22-21(20)24(32)29-25(28-22)30-11-4-5-16(3)14-30/h6-9,15-16,19-20H,4-5,10-12,14H2,1-3H3,(H2,27,28,29,31,32). The molecule has 2 N–H and O–H groups in total. The number of anilines is 2. The van der Waals surface area contributed by atoms with Crippen LogP contribution in [-0.4, -0.2) is 35.6 Å². The Morgan fingerprint density at radius 1 is 1.27 bits per heavy atom. The lowest BCUT2D eigenvalue weighted by Gasteiger charge is -2.33. The number of nitrogens with zero attached hydrogens (tertiary/aromatic N) is 3. The normalized spacial score (nSPS) is 22.5. The van der Waals surface area contributed by atoms with Crippen LogP contribution in [0.4, 0.5) is 11.8 Å². The molecule has 1 amide bonds. The molecule has 3 unspecified atom stereocenters. The number of benzene rings is 1. The minimum absolute atomic E-state index is 0.241. The summed E-state index contributed by atoms with van der Waals surface area (Å²) in [6.07, 6.45) is 3.12. The monoisotopic (exact) mass is 449 g/mol. The summed E-state index contributed by atoms with van der Waals surface area (Å²) in [6, 6.07) is 9.37. The average Bonchev–Trinajstić information content (AvgIpc) is 2.78. The van der Waals surface area contributed by atoms with E-state index in [2.05, 4.69) is 47.0 Å². The van der Waals surface area contributed by atoms with Crippen molar-refractivity contribution in [3.63, 3.8) is 0 Å². The minimum Gasteiger partial charge on any atom is -0.494 e. The van der Waals surface area contributed by atoms with Crippen molar-refractivity contribution >= 4 is 17.7 Å². The van der Waals surface area contributed by atoms with Crippen LogP contribution in [0.1, 0.15) is 57.1 Å². The SMILES string of the molecule is CC(C)CCOc1ccc(C2c3c(nc(N4CCCC(C)C4)[nH]c3=O)NC(=O)C2C#N)cc1. The van der Waals surface area contributed by atoms with Crippen LogP contribution >= 0.6 is 0 Å². The first kappa shape index (κ1) is 22.8. The van der Waals surface area contributed by atoms with Crippen LogP contribution in [0.2, 0.25) is 0 Å². The topological polar surface area (TPSA) is 111 Å². The number of fused-ring (bicyclic) bond motifs is 1. The molecule has 0 spiro atoms. The van der Waals surface area contributed by atoms with E-state index >= 15 is 0 Å². The number of amides is 1. The molecule has 8 heteroatoms. The summed E-state index contributed by atoms with van der Waals surface area (Å²) in [4.78, 5) is 35.6. The van der Waals surface area contributed by atoms with Crippen molar-refractivity contribution in [3.05, 3.63) is 45.7 Å². The number of nitriles is 1. The fourth-order valence-electron chi connectivity index (χ4n) is 4.57. The Morgan fingerprint density at radius 2 is 2.03 bits per heavy atom. The Hall–Kier alpha value is -3.34. The fourth-order valence-corrected chi connectivity index (χ4v) is 4.57. The summed E-state index contributed by atoms with van der Waals surface area (Å²) >= 11 is 0. The number of rotatable bonds is 6. The first-order chi connectivity index (χ1) is 15.9.